The van der Waals surface area contributed by atoms with Gasteiger partial charge in [-0.15, -0.1) is 11.3 Å². The highest BCUT2D eigenvalue weighted by Gasteiger charge is 2.09. The molecule has 0 aliphatic carbocycles. The summed E-state index contributed by atoms with van der Waals surface area (Å²) in [4.78, 5) is 11.8. The summed E-state index contributed by atoms with van der Waals surface area (Å²) in [6.07, 6.45) is 0. The van der Waals surface area contributed by atoms with E-state index in [4.69, 9.17) is 5.21 Å². The van der Waals surface area contributed by atoms with Gasteiger partial charge in [-0.05, 0) is 18.4 Å². The van der Waals surface area contributed by atoms with Gasteiger partial charge in [-0.2, -0.15) is 0 Å². The highest BCUT2D eigenvalue weighted by Crippen LogP contribution is 2.09. The second kappa shape index (κ2) is 3.30. The number of Topliss-reactive ketones (excluding diaryl/α,β-unsaturated/α-hetero) is 1. The average Bonchev–Trinajstić information content (AvgIpc) is 2.53. The summed E-state index contributed by atoms with van der Waals surface area (Å²) < 4.78 is 0. The maximum absolute atomic E-state index is 11.2. The molecule has 1 aromatic rings. The fraction of sp³-hybridized carbons (Fsp3) is 0.143. The summed E-state index contributed by atoms with van der Waals surface area (Å²) in [5, 5.41) is 12.9. The van der Waals surface area contributed by atoms with E-state index < -0.39 is 0 Å². The number of oxime groups is 1. The Bertz CT molecular complexity index is 277. The van der Waals surface area contributed by atoms with Gasteiger partial charge in [0.25, 0.3) is 0 Å². The smallest absolute Gasteiger partial charge is 0.220 e. The van der Waals surface area contributed by atoms with Crippen LogP contribution in [-0.4, -0.2) is 16.7 Å². The van der Waals surface area contributed by atoms with Gasteiger partial charge in [-0.1, -0.05) is 11.2 Å². The molecule has 0 unspecified atom stereocenters. The summed E-state index contributed by atoms with van der Waals surface area (Å²) in [6, 6.07) is 3.48. The molecule has 11 heavy (non-hydrogen) atoms. The number of hydrogen-bond acceptors (Lipinski definition) is 4. The Balaban J connectivity index is 2.87. The van der Waals surface area contributed by atoms with Crippen molar-refractivity contribution in [3.63, 3.8) is 0 Å². The zero-order chi connectivity index (χ0) is 8.27. The number of carbonyl (C=O) groups excluding carboxylic acids is 1. The van der Waals surface area contributed by atoms with Gasteiger partial charge in [-0.25, -0.2) is 0 Å². The van der Waals surface area contributed by atoms with Crippen molar-refractivity contribution >= 4 is 22.8 Å². The van der Waals surface area contributed by atoms with Crippen molar-refractivity contribution in [2.75, 3.05) is 0 Å². The number of carbonyl (C=O) groups is 1. The van der Waals surface area contributed by atoms with Gasteiger partial charge in [0.15, 0.2) is 0 Å². The number of hydrogen-bond donors (Lipinski definition) is 1. The molecule has 0 fully saturated rings. The van der Waals surface area contributed by atoms with Gasteiger partial charge in [0, 0.05) is 0 Å². The van der Waals surface area contributed by atoms with Gasteiger partial charge >= 0.3 is 0 Å². The first-order valence-corrected chi connectivity index (χ1v) is 3.90. The van der Waals surface area contributed by atoms with Crippen molar-refractivity contribution in [2.24, 2.45) is 5.16 Å². The topological polar surface area (TPSA) is 49.7 Å². The number of thiophene rings is 1. The molecule has 0 atom stereocenters. The standard InChI is InChI=1S/C7H7NO2S/c1-5(8-10)7(9)6-3-2-4-11-6/h2-4,10H,1H3. The third-order valence-corrected chi connectivity index (χ3v) is 2.09. The van der Waals surface area contributed by atoms with Crippen LogP contribution in [0.3, 0.4) is 0 Å². The van der Waals surface area contributed by atoms with Gasteiger partial charge in [-0.3, -0.25) is 4.79 Å². The van der Waals surface area contributed by atoms with E-state index in [0.717, 1.165) is 0 Å². The number of ketones is 1. The first-order chi connectivity index (χ1) is 5.25. The molecular formula is C7H7NO2S. The fourth-order valence-electron chi connectivity index (χ4n) is 0.631. The molecule has 0 spiro atoms. The predicted octanol–water partition coefficient (Wildman–Crippen LogP) is 1.78. The molecule has 0 amide bonds. The van der Waals surface area contributed by atoms with Crippen molar-refractivity contribution in [1.82, 2.24) is 0 Å². The number of rotatable bonds is 2. The van der Waals surface area contributed by atoms with Crippen LogP contribution in [0.15, 0.2) is 22.7 Å². The van der Waals surface area contributed by atoms with Gasteiger partial charge in [0.1, 0.15) is 5.71 Å². The predicted molar refractivity (Wildman–Crippen MR) is 43.5 cm³/mol. The Morgan fingerprint density at radius 3 is 2.91 bits per heavy atom. The maximum atomic E-state index is 11.2. The Morgan fingerprint density at radius 2 is 2.45 bits per heavy atom. The van der Waals surface area contributed by atoms with E-state index in [9.17, 15) is 4.79 Å². The largest absolute Gasteiger partial charge is 0.411 e. The van der Waals surface area contributed by atoms with Crippen LogP contribution in [0.4, 0.5) is 0 Å². The lowest BCUT2D eigenvalue weighted by Gasteiger charge is -1.91. The molecule has 0 aromatic carbocycles. The van der Waals surface area contributed by atoms with Crippen LogP contribution in [-0.2, 0) is 0 Å². The van der Waals surface area contributed by atoms with E-state index in [0.29, 0.717) is 4.88 Å². The molecule has 1 rings (SSSR count). The molecule has 1 heterocycles. The van der Waals surface area contributed by atoms with Crippen molar-refractivity contribution in [1.29, 1.82) is 0 Å². The molecule has 1 N–H and O–H groups in total. The van der Waals surface area contributed by atoms with Crippen molar-refractivity contribution in [2.45, 2.75) is 6.92 Å². The minimum absolute atomic E-state index is 0.118. The average molecular weight is 169 g/mol. The van der Waals surface area contributed by atoms with Crippen LogP contribution in [0.2, 0.25) is 0 Å². The summed E-state index contributed by atoms with van der Waals surface area (Å²) in [5.41, 5.74) is 0.118. The second-order valence-corrected chi connectivity index (χ2v) is 2.94. The van der Waals surface area contributed by atoms with E-state index in [1.54, 1.807) is 17.5 Å². The molecule has 58 valence electrons. The summed E-state index contributed by atoms with van der Waals surface area (Å²) in [6.45, 7) is 1.47. The van der Waals surface area contributed by atoms with Crippen LogP contribution in [0, 0.1) is 0 Å². The lowest BCUT2D eigenvalue weighted by molar-refractivity contribution is 0.106. The van der Waals surface area contributed by atoms with Gasteiger partial charge < -0.3 is 5.21 Å². The van der Waals surface area contributed by atoms with Crippen LogP contribution in [0.1, 0.15) is 16.6 Å². The normalized spacial score (nSPS) is 11.5. The first kappa shape index (κ1) is 7.94. The van der Waals surface area contributed by atoms with E-state index in [-0.39, 0.29) is 11.5 Å². The van der Waals surface area contributed by atoms with Crippen LogP contribution in [0.5, 0.6) is 0 Å². The minimum atomic E-state index is -0.220. The molecule has 3 nitrogen and oxygen atoms in total. The van der Waals surface area contributed by atoms with E-state index in [1.807, 2.05) is 0 Å². The lowest BCUT2D eigenvalue weighted by atomic mass is 10.2. The van der Waals surface area contributed by atoms with Crippen LogP contribution >= 0.6 is 11.3 Å². The Hall–Kier alpha value is -1.16. The van der Waals surface area contributed by atoms with Gasteiger partial charge in [0.2, 0.25) is 5.78 Å². The first-order valence-electron chi connectivity index (χ1n) is 3.02. The molecule has 0 saturated carbocycles. The highest BCUT2D eigenvalue weighted by atomic mass is 32.1. The molecule has 0 aliphatic heterocycles. The zero-order valence-electron chi connectivity index (χ0n) is 5.94. The van der Waals surface area contributed by atoms with Crippen molar-refractivity contribution in [3.8, 4) is 0 Å². The fourth-order valence-corrected chi connectivity index (χ4v) is 1.35. The maximum Gasteiger partial charge on any atom is 0.220 e. The van der Waals surface area contributed by atoms with Gasteiger partial charge in [0.05, 0.1) is 4.88 Å². The molecule has 4 heteroatoms. The van der Waals surface area contributed by atoms with Crippen molar-refractivity contribution < 1.29 is 10.0 Å². The van der Waals surface area contributed by atoms with Crippen molar-refractivity contribution in [3.05, 3.63) is 22.4 Å². The monoisotopic (exact) mass is 169 g/mol. The summed E-state index contributed by atoms with van der Waals surface area (Å²) in [5.74, 6) is -0.220. The lowest BCUT2D eigenvalue weighted by Crippen LogP contribution is -2.08. The molecule has 0 saturated heterocycles. The Labute approximate surface area is 68.0 Å². The van der Waals surface area contributed by atoms with E-state index in [2.05, 4.69) is 5.16 Å². The highest BCUT2D eigenvalue weighted by molar-refractivity contribution is 7.13. The van der Waals surface area contributed by atoms with E-state index in [1.165, 1.54) is 18.3 Å². The molecule has 0 bridgehead atoms. The summed E-state index contributed by atoms with van der Waals surface area (Å²) >= 11 is 1.33. The SMILES string of the molecule is CC(=NO)C(=O)c1cccs1. The second-order valence-electron chi connectivity index (χ2n) is 1.99. The van der Waals surface area contributed by atoms with E-state index >= 15 is 0 Å². The third kappa shape index (κ3) is 1.65. The molecule has 0 radical (unpaired) electrons. The quantitative estimate of drug-likeness (QED) is 0.317. The molecule has 0 aliphatic rings. The van der Waals surface area contributed by atoms with Crippen LogP contribution < -0.4 is 0 Å². The summed E-state index contributed by atoms with van der Waals surface area (Å²) in [7, 11) is 0. The minimum Gasteiger partial charge on any atom is -0.411 e. The third-order valence-electron chi connectivity index (χ3n) is 1.22. The molecular weight excluding hydrogens is 162 g/mol. The Morgan fingerprint density at radius 1 is 1.73 bits per heavy atom. The number of nitrogens with zero attached hydrogens (tertiary/aromatic N) is 1. The Kier molecular flexibility index (Phi) is 2.38. The van der Waals surface area contributed by atoms with Crippen LogP contribution in [0.25, 0.3) is 0 Å². The zero-order valence-corrected chi connectivity index (χ0v) is 6.76. The molecule has 1 aromatic heterocycles.